The quantitative estimate of drug-likeness (QED) is 0.359. The fraction of sp³-hybridized carbons (Fsp3) is 0.0870. The van der Waals surface area contributed by atoms with Crippen molar-refractivity contribution in [1.29, 1.82) is 0 Å². The highest BCUT2D eigenvalue weighted by Crippen LogP contribution is 2.29. The Balaban J connectivity index is 1.59. The summed E-state index contributed by atoms with van der Waals surface area (Å²) < 4.78 is 2.98. The molecule has 0 spiro atoms. The molecule has 150 valence electrons. The predicted molar refractivity (Wildman–Crippen MR) is 125 cm³/mol. The van der Waals surface area contributed by atoms with Gasteiger partial charge in [0.25, 0.3) is 0 Å². The lowest BCUT2D eigenvalue weighted by Gasteiger charge is -2.11. The van der Waals surface area contributed by atoms with E-state index in [2.05, 4.69) is 31.4 Å². The average Bonchev–Trinajstić information content (AvgIpc) is 3.19. The molecule has 0 bridgehead atoms. The van der Waals surface area contributed by atoms with Crippen LogP contribution in [-0.4, -0.2) is 26.4 Å². The molecule has 0 saturated carbocycles. The number of rotatable bonds is 6. The van der Waals surface area contributed by atoms with Crippen molar-refractivity contribution in [2.45, 2.75) is 12.1 Å². The maximum Gasteiger partial charge on any atom is 0.234 e. The molecule has 1 heterocycles. The number of carbonyl (C=O) groups is 1. The van der Waals surface area contributed by atoms with Crippen molar-refractivity contribution in [3.05, 3.63) is 88.9 Å². The van der Waals surface area contributed by atoms with Gasteiger partial charge in [-0.15, -0.1) is 10.2 Å². The average molecular weight is 479 g/mol. The van der Waals surface area contributed by atoms with Gasteiger partial charge in [0.15, 0.2) is 11.0 Å². The standard InChI is InChI=1S/C23H19BrN4OS/c1-16-7-5-6-10-20(16)25-21(29)15-30-23-27-26-22(17-11-13-18(24)14-12-17)28(23)19-8-3-2-4-9-19/h2-14H,15H2,1H3,(H,25,29). The molecule has 0 aliphatic heterocycles. The molecular weight excluding hydrogens is 460 g/mol. The minimum atomic E-state index is -0.0814. The molecule has 7 heteroatoms. The Morgan fingerprint density at radius 1 is 0.967 bits per heavy atom. The topological polar surface area (TPSA) is 59.8 Å². The second-order valence-electron chi connectivity index (χ2n) is 6.64. The summed E-state index contributed by atoms with van der Waals surface area (Å²) in [6, 6.07) is 25.6. The molecule has 4 rings (SSSR count). The second-order valence-corrected chi connectivity index (χ2v) is 8.49. The molecule has 0 saturated heterocycles. The molecule has 3 aromatic carbocycles. The van der Waals surface area contributed by atoms with E-state index in [0.29, 0.717) is 5.16 Å². The second kappa shape index (κ2) is 9.28. The van der Waals surface area contributed by atoms with Crippen molar-refractivity contribution >= 4 is 39.3 Å². The van der Waals surface area contributed by atoms with Gasteiger partial charge in [-0.3, -0.25) is 9.36 Å². The van der Waals surface area contributed by atoms with E-state index < -0.39 is 0 Å². The molecule has 0 radical (unpaired) electrons. The van der Waals surface area contributed by atoms with Gasteiger partial charge in [0.1, 0.15) is 0 Å². The largest absolute Gasteiger partial charge is 0.325 e. The molecule has 0 unspecified atom stereocenters. The van der Waals surface area contributed by atoms with E-state index in [9.17, 15) is 4.79 Å². The lowest BCUT2D eigenvalue weighted by atomic mass is 10.2. The minimum absolute atomic E-state index is 0.0814. The number of anilines is 1. The van der Waals surface area contributed by atoms with Crippen LogP contribution in [0.5, 0.6) is 0 Å². The molecule has 4 aromatic rings. The van der Waals surface area contributed by atoms with Gasteiger partial charge in [-0.1, -0.05) is 76.2 Å². The third-order valence-corrected chi connectivity index (χ3v) is 5.96. The molecule has 1 aromatic heterocycles. The van der Waals surface area contributed by atoms with Crippen LogP contribution in [0.3, 0.4) is 0 Å². The molecule has 0 aliphatic carbocycles. The number of nitrogens with zero attached hydrogens (tertiary/aromatic N) is 3. The van der Waals surface area contributed by atoms with Gasteiger partial charge in [-0.25, -0.2) is 0 Å². The lowest BCUT2D eigenvalue weighted by molar-refractivity contribution is -0.113. The van der Waals surface area contributed by atoms with Crippen LogP contribution in [0.15, 0.2) is 88.5 Å². The number of aromatic nitrogens is 3. The first kappa shape index (κ1) is 20.4. The number of carbonyl (C=O) groups excluding carboxylic acids is 1. The van der Waals surface area contributed by atoms with Gasteiger partial charge >= 0.3 is 0 Å². The zero-order valence-corrected chi connectivity index (χ0v) is 18.7. The minimum Gasteiger partial charge on any atom is -0.325 e. The summed E-state index contributed by atoms with van der Waals surface area (Å²) >= 11 is 4.83. The maximum absolute atomic E-state index is 12.5. The molecule has 0 aliphatic rings. The molecule has 1 N–H and O–H groups in total. The highest BCUT2D eigenvalue weighted by molar-refractivity contribution is 9.10. The molecular formula is C23H19BrN4OS. The van der Waals surface area contributed by atoms with Gasteiger partial charge in [-0.05, 0) is 42.8 Å². The molecule has 1 amide bonds. The normalized spacial score (nSPS) is 10.7. The molecule has 5 nitrogen and oxygen atoms in total. The summed E-state index contributed by atoms with van der Waals surface area (Å²) in [6.45, 7) is 1.97. The van der Waals surface area contributed by atoms with Crippen LogP contribution in [0, 0.1) is 6.92 Å². The molecule has 0 fully saturated rings. The fourth-order valence-corrected chi connectivity index (χ4v) is 4.00. The van der Waals surface area contributed by atoms with E-state index >= 15 is 0 Å². The summed E-state index contributed by atoms with van der Waals surface area (Å²) in [7, 11) is 0. The van der Waals surface area contributed by atoms with Crippen molar-refractivity contribution in [3.8, 4) is 17.1 Å². The summed E-state index contributed by atoms with van der Waals surface area (Å²) in [6.07, 6.45) is 0. The van der Waals surface area contributed by atoms with Crippen molar-refractivity contribution in [2.24, 2.45) is 0 Å². The number of amides is 1. The number of hydrogen-bond donors (Lipinski definition) is 1. The summed E-state index contributed by atoms with van der Waals surface area (Å²) in [5, 5.41) is 12.4. The van der Waals surface area contributed by atoms with Gasteiger partial charge < -0.3 is 5.32 Å². The van der Waals surface area contributed by atoms with E-state index in [4.69, 9.17) is 0 Å². The summed E-state index contributed by atoms with van der Waals surface area (Å²) in [4.78, 5) is 12.5. The first-order valence-electron chi connectivity index (χ1n) is 9.37. The van der Waals surface area contributed by atoms with Gasteiger partial charge in [0.05, 0.1) is 5.75 Å². The van der Waals surface area contributed by atoms with Crippen LogP contribution < -0.4 is 5.32 Å². The number of nitrogens with one attached hydrogen (secondary N) is 1. The third-order valence-electron chi connectivity index (χ3n) is 4.50. The van der Waals surface area contributed by atoms with Crippen LogP contribution in [-0.2, 0) is 4.79 Å². The Labute approximate surface area is 187 Å². The number of aryl methyl sites for hydroxylation is 1. The number of thioether (sulfide) groups is 1. The predicted octanol–water partition coefficient (Wildman–Crippen LogP) is 5.74. The van der Waals surface area contributed by atoms with E-state index in [1.807, 2.05) is 90.4 Å². The Morgan fingerprint density at radius 3 is 2.40 bits per heavy atom. The highest BCUT2D eigenvalue weighted by Gasteiger charge is 2.17. The smallest absolute Gasteiger partial charge is 0.234 e. The number of hydrogen-bond acceptors (Lipinski definition) is 4. The van der Waals surface area contributed by atoms with Crippen molar-refractivity contribution < 1.29 is 4.79 Å². The van der Waals surface area contributed by atoms with Gasteiger partial charge in [0.2, 0.25) is 5.91 Å². The van der Waals surface area contributed by atoms with Crippen LogP contribution >= 0.6 is 27.7 Å². The number of para-hydroxylation sites is 2. The van der Waals surface area contributed by atoms with Gasteiger partial charge in [0, 0.05) is 21.4 Å². The van der Waals surface area contributed by atoms with Crippen molar-refractivity contribution in [1.82, 2.24) is 14.8 Å². The van der Waals surface area contributed by atoms with E-state index in [1.54, 1.807) is 0 Å². The SMILES string of the molecule is Cc1ccccc1NC(=O)CSc1nnc(-c2ccc(Br)cc2)n1-c1ccccc1. The molecule has 30 heavy (non-hydrogen) atoms. The van der Waals surface area contributed by atoms with Crippen LogP contribution in [0.25, 0.3) is 17.1 Å². The first-order valence-corrected chi connectivity index (χ1v) is 11.1. The summed E-state index contributed by atoms with van der Waals surface area (Å²) in [5.74, 6) is 0.886. The lowest BCUT2D eigenvalue weighted by Crippen LogP contribution is -2.15. The zero-order chi connectivity index (χ0) is 20.9. The Morgan fingerprint density at radius 2 is 1.67 bits per heavy atom. The van der Waals surface area contributed by atoms with Crippen LogP contribution in [0.1, 0.15) is 5.56 Å². The monoisotopic (exact) mass is 478 g/mol. The van der Waals surface area contributed by atoms with E-state index in [0.717, 1.165) is 32.8 Å². The van der Waals surface area contributed by atoms with Crippen molar-refractivity contribution in [2.75, 3.05) is 11.1 Å². The molecule has 0 atom stereocenters. The van der Waals surface area contributed by atoms with Gasteiger partial charge in [-0.2, -0.15) is 0 Å². The van der Waals surface area contributed by atoms with Crippen LogP contribution in [0.2, 0.25) is 0 Å². The first-order chi connectivity index (χ1) is 14.6. The Hall–Kier alpha value is -2.90. The number of benzene rings is 3. The Bertz CT molecular complexity index is 1160. The summed E-state index contributed by atoms with van der Waals surface area (Å²) in [5.41, 5.74) is 3.75. The van der Waals surface area contributed by atoms with Crippen molar-refractivity contribution in [3.63, 3.8) is 0 Å². The van der Waals surface area contributed by atoms with Crippen LogP contribution in [0.4, 0.5) is 5.69 Å². The maximum atomic E-state index is 12.5. The Kier molecular flexibility index (Phi) is 6.30. The third kappa shape index (κ3) is 4.63. The highest BCUT2D eigenvalue weighted by atomic mass is 79.9. The van der Waals surface area contributed by atoms with E-state index in [1.165, 1.54) is 11.8 Å². The fourth-order valence-electron chi connectivity index (χ4n) is 2.99. The number of halogens is 1. The van der Waals surface area contributed by atoms with E-state index in [-0.39, 0.29) is 11.7 Å². The zero-order valence-electron chi connectivity index (χ0n) is 16.2.